The highest BCUT2D eigenvalue weighted by Gasteiger charge is 2.65. The molecular formula is C19H44O2Si4. The summed E-state index contributed by atoms with van der Waals surface area (Å²) in [5, 5.41) is 0. The molecule has 1 rings (SSSR count). The molecule has 0 radical (unpaired) electrons. The fourth-order valence-electron chi connectivity index (χ4n) is 6.15. The topological polar surface area (TPSA) is 26.3 Å². The van der Waals surface area contributed by atoms with Crippen LogP contribution in [0.15, 0.2) is 0 Å². The lowest BCUT2D eigenvalue weighted by Crippen LogP contribution is -2.85. The SMILES string of the molecule is CC(C)[C@H](O[Si]([Si](C)(C)C)([Si](C)(C)C)[Si](C)(C)C)[C@@H]1CCCCC1=O. The quantitative estimate of drug-likeness (QED) is 0.477. The molecule has 0 unspecified atom stereocenters. The first-order chi connectivity index (χ1) is 11.1. The molecule has 0 N–H and O–H groups in total. The van der Waals surface area contributed by atoms with Gasteiger partial charge in [0.2, 0.25) is 0 Å². The summed E-state index contributed by atoms with van der Waals surface area (Å²) in [6.45, 7) is 25.8. The summed E-state index contributed by atoms with van der Waals surface area (Å²) in [6.07, 6.45) is 4.27. The minimum absolute atomic E-state index is 0.157. The van der Waals surface area contributed by atoms with E-state index in [1.807, 2.05) is 0 Å². The monoisotopic (exact) mass is 416 g/mol. The Morgan fingerprint density at radius 1 is 0.840 bits per heavy atom. The van der Waals surface area contributed by atoms with E-state index in [9.17, 15) is 4.79 Å². The molecule has 2 atom stereocenters. The van der Waals surface area contributed by atoms with Crippen LogP contribution in [0.4, 0.5) is 0 Å². The highest BCUT2D eigenvalue weighted by atomic mass is 29.9. The van der Waals surface area contributed by atoms with Crippen molar-refractivity contribution in [3.8, 4) is 0 Å². The normalized spacial score (nSPS) is 22.4. The Balaban J connectivity index is 3.46. The van der Waals surface area contributed by atoms with Crippen molar-refractivity contribution in [1.82, 2.24) is 0 Å². The van der Waals surface area contributed by atoms with Gasteiger partial charge in [0.05, 0.1) is 28.9 Å². The van der Waals surface area contributed by atoms with Crippen molar-refractivity contribution in [3.05, 3.63) is 0 Å². The van der Waals surface area contributed by atoms with Gasteiger partial charge in [-0.3, -0.25) is 4.79 Å². The maximum Gasteiger partial charge on any atom is 0.158 e. The van der Waals surface area contributed by atoms with E-state index < -0.39 is 29.6 Å². The summed E-state index contributed by atoms with van der Waals surface area (Å²) in [5.74, 6) is 1.07. The van der Waals surface area contributed by atoms with Crippen LogP contribution in [-0.4, -0.2) is 41.5 Å². The fourth-order valence-corrected chi connectivity index (χ4v) is 100. The fraction of sp³-hybridized carbons (Fsp3) is 0.947. The Morgan fingerprint density at radius 3 is 1.60 bits per heavy atom. The number of hydrogen-bond donors (Lipinski definition) is 0. The second kappa shape index (κ2) is 7.85. The zero-order valence-electron chi connectivity index (χ0n) is 18.9. The van der Waals surface area contributed by atoms with Gasteiger partial charge in [-0.15, -0.1) is 0 Å². The van der Waals surface area contributed by atoms with E-state index >= 15 is 0 Å². The van der Waals surface area contributed by atoms with Gasteiger partial charge in [-0.1, -0.05) is 79.2 Å². The Hall–Kier alpha value is 0.498. The van der Waals surface area contributed by atoms with Crippen LogP contribution in [0.25, 0.3) is 0 Å². The summed E-state index contributed by atoms with van der Waals surface area (Å²) in [5.41, 5.74) is 0. The Kier molecular flexibility index (Phi) is 7.39. The number of carbonyl (C=O) groups is 1. The van der Waals surface area contributed by atoms with Crippen LogP contribution < -0.4 is 0 Å². The predicted octanol–water partition coefficient (Wildman–Crippen LogP) is 5.98. The smallest absolute Gasteiger partial charge is 0.158 e. The van der Waals surface area contributed by atoms with E-state index in [2.05, 4.69) is 72.8 Å². The van der Waals surface area contributed by atoms with E-state index in [1.165, 1.54) is 6.42 Å². The third-order valence-corrected chi connectivity index (χ3v) is 73.7. The minimum Gasteiger partial charge on any atom is -0.422 e. The van der Waals surface area contributed by atoms with Crippen molar-refractivity contribution >= 4 is 35.4 Å². The largest absolute Gasteiger partial charge is 0.422 e. The van der Waals surface area contributed by atoms with Crippen LogP contribution in [0.1, 0.15) is 39.5 Å². The van der Waals surface area contributed by atoms with Gasteiger partial charge >= 0.3 is 0 Å². The van der Waals surface area contributed by atoms with E-state index in [0.717, 1.165) is 19.3 Å². The molecule has 1 aliphatic rings. The molecule has 0 aromatic rings. The van der Waals surface area contributed by atoms with Crippen molar-refractivity contribution in [2.75, 3.05) is 0 Å². The average Bonchev–Trinajstić information content (AvgIpc) is 2.36. The van der Waals surface area contributed by atoms with Crippen LogP contribution in [0, 0.1) is 11.8 Å². The molecule has 1 saturated carbocycles. The first-order valence-corrected chi connectivity index (χ1v) is 25.7. The molecule has 0 saturated heterocycles. The van der Waals surface area contributed by atoms with Gasteiger partial charge in [-0.25, -0.2) is 0 Å². The maximum absolute atomic E-state index is 12.7. The second-order valence-electron chi connectivity index (χ2n) is 11.6. The van der Waals surface area contributed by atoms with E-state index in [1.54, 1.807) is 0 Å². The molecule has 0 heterocycles. The number of carbonyl (C=O) groups excluding carboxylic acids is 1. The van der Waals surface area contributed by atoms with Gasteiger partial charge in [-0.2, -0.15) is 0 Å². The molecule has 6 heteroatoms. The average molecular weight is 417 g/mol. The molecule has 0 bridgehead atoms. The van der Waals surface area contributed by atoms with Crippen LogP contribution in [-0.2, 0) is 9.22 Å². The Bertz CT molecular complexity index is 433. The standard InChI is InChI=1S/C19H44O2Si4/c1-16(2)19(17-14-12-13-15-18(17)20)21-25(22(3,4)5,23(6,7)8)24(9,10)11/h16-17,19H,12-15H2,1-11H3/t17-,19+/m1/s1. The highest BCUT2D eigenvalue weighted by molar-refractivity contribution is 7.87. The maximum atomic E-state index is 12.7. The molecule has 2 nitrogen and oxygen atoms in total. The van der Waals surface area contributed by atoms with Gasteiger partial charge in [0.1, 0.15) is 5.78 Å². The van der Waals surface area contributed by atoms with Crippen molar-refractivity contribution in [3.63, 3.8) is 0 Å². The van der Waals surface area contributed by atoms with Gasteiger partial charge in [0, 0.05) is 12.3 Å². The third-order valence-electron chi connectivity index (χ3n) is 6.14. The molecule has 148 valence electrons. The number of hydrogen-bond acceptors (Lipinski definition) is 2. The van der Waals surface area contributed by atoms with Crippen LogP contribution in [0.2, 0.25) is 58.9 Å². The van der Waals surface area contributed by atoms with E-state index in [-0.39, 0.29) is 12.0 Å². The Morgan fingerprint density at radius 2 is 1.28 bits per heavy atom. The van der Waals surface area contributed by atoms with Crippen molar-refractivity contribution in [2.24, 2.45) is 11.8 Å². The Labute approximate surface area is 161 Å². The first-order valence-electron chi connectivity index (χ1n) is 10.3. The van der Waals surface area contributed by atoms with Gasteiger partial charge < -0.3 is 4.43 Å². The van der Waals surface area contributed by atoms with E-state index in [4.69, 9.17) is 4.43 Å². The predicted molar refractivity (Wildman–Crippen MR) is 122 cm³/mol. The molecule has 0 amide bonds. The van der Waals surface area contributed by atoms with Crippen molar-refractivity contribution in [2.45, 2.75) is 105 Å². The van der Waals surface area contributed by atoms with Crippen molar-refractivity contribution in [1.29, 1.82) is 0 Å². The molecule has 1 aliphatic carbocycles. The zero-order chi connectivity index (χ0) is 19.8. The lowest BCUT2D eigenvalue weighted by Gasteiger charge is -2.58. The van der Waals surface area contributed by atoms with Crippen LogP contribution >= 0.6 is 0 Å². The number of rotatable bonds is 7. The van der Waals surface area contributed by atoms with Gasteiger partial charge in [-0.05, 0) is 18.8 Å². The first kappa shape index (κ1) is 23.5. The summed E-state index contributed by atoms with van der Waals surface area (Å²) >= 11 is 0. The molecule has 0 spiro atoms. The lowest BCUT2D eigenvalue weighted by atomic mass is 9.80. The number of Topliss-reactive ketones (excluding diaryl/α,β-unsaturated/α-hetero) is 1. The molecule has 1 fully saturated rings. The van der Waals surface area contributed by atoms with Crippen LogP contribution in [0.5, 0.6) is 0 Å². The molecule has 0 aromatic heterocycles. The molecular weight excluding hydrogens is 373 g/mol. The summed E-state index contributed by atoms with van der Waals surface area (Å²) in [6, 6.07) is 0. The van der Waals surface area contributed by atoms with Crippen LogP contribution in [0.3, 0.4) is 0 Å². The summed E-state index contributed by atoms with van der Waals surface area (Å²) < 4.78 is 7.51. The molecule has 25 heavy (non-hydrogen) atoms. The molecule has 0 aliphatic heterocycles. The van der Waals surface area contributed by atoms with Crippen molar-refractivity contribution < 1.29 is 9.22 Å². The van der Waals surface area contributed by atoms with Gasteiger partial charge in [0.25, 0.3) is 0 Å². The lowest BCUT2D eigenvalue weighted by molar-refractivity contribution is -0.128. The highest BCUT2D eigenvalue weighted by Crippen LogP contribution is 2.41. The number of ketones is 1. The molecule has 0 aromatic carbocycles. The summed E-state index contributed by atoms with van der Waals surface area (Å²) in [7, 11) is -4.42. The van der Waals surface area contributed by atoms with E-state index in [0.29, 0.717) is 11.7 Å². The third kappa shape index (κ3) is 4.68. The zero-order valence-corrected chi connectivity index (χ0v) is 22.9. The second-order valence-corrected chi connectivity index (χ2v) is 51.0. The van der Waals surface area contributed by atoms with Gasteiger partial charge in [0.15, 0.2) is 6.87 Å². The summed E-state index contributed by atoms with van der Waals surface area (Å²) in [4.78, 5) is 12.7. The minimum atomic E-state index is -1.88.